The number of hydrogen-bond acceptors (Lipinski definition) is 6. The van der Waals surface area contributed by atoms with Gasteiger partial charge in [-0.3, -0.25) is 4.79 Å². The van der Waals surface area contributed by atoms with Crippen molar-refractivity contribution in [2.24, 2.45) is 5.10 Å². The average molecular weight is 555 g/mol. The van der Waals surface area contributed by atoms with Crippen LogP contribution in [0.5, 0.6) is 11.5 Å². The van der Waals surface area contributed by atoms with Crippen molar-refractivity contribution in [1.82, 2.24) is 5.43 Å². The van der Waals surface area contributed by atoms with E-state index >= 15 is 0 Å². The van der Waals surface area contributed by atoms with Crippen molar-refractivity contribution in [3.63, 3.8) is 0 Å². The van der Waals surface area contributed by atoms with E-state index in [4.69, 9.17) is 21.1 Å². The molecule has 0 unspecified atom stereocenters. The Kier molecular flexibility index (Phi) is 8.01. The maximum Gasteiger partial charge on any atom is 0.355 e. The first kappa shape index (κ1) is 26.2. The standard InChI is InChI=1S/C31H23ClN2O4S/c1-20-6-8-22(9-7-20)19-37-24-16-12-23(13-17-24)30(35)34-33-18-21-10-14-25(15-11-21)38-31(36)29-28(32)26-4-2-3-5-27(26)39-29/h2-18H,19H2,1H3,(H,34,35). The fourth-order valence-electron chi connectivity index (χ4n) is 3.70. The highest BCUT2D eigenvalue weighted by Gasteiger charge is 2.18. The van der Waals surface area contributed by atoms with Crippen LogP contribution in [0.4, 0.5) is 0 Å². The van der Waals surface area contributed by atoms with Crippen LogP contribution in [0.3, 0.4) is 0 Å². The van der Waals surface area contributed by atoms with E-state index in [1.165, 1.54) is 23.1 Å². The van der Waals surface area contributed by atoms with Crippen molar-refractivity contribution in [1.29, 1.82) is 0 Å². The molecule has 39 heavy (non-hydrogen) atoms. The Morgan fingerprint density at radius 1 is 0.897 bits per heavy atom. The molecule has 194 valence electrons. The number of hydrogen-bond donors (Lipinski definition) is 1. The number of halogens is 1. The molecule has 0 radical (unpaired) electrons. The lowest BCUT2D eigenvalue weighted by atomic mass is 10.2. The molecule has 0 saturated carbocycles. The van der Waals surface area contributed by atoms with Crippen LogP contribution in [0.25, 0.3) is 10.1 Å². The number of carbonyl (C=O) groups is 2. The van der Waals surface area contributed by atoms with E-state index in [-0.39, 0.29) is 5.91 Å². The van der Waals surface area contributed by atoms with Crippen LogP contribution in [-0.4, -0.2) is 18.1 Å². The summed E-state index contributed by atoms with van der Waals surface area (Å²) in [5.74, 6) is 0.189. The van der Waals surface area contributed by atoms with Gasteiger partial charge in [0.1, 0.15) is 23.0 Å². The zero-order valence-corrected chi connectivity index (χ0v) is 22.5. The Hall–Kier alpha value is -4.46. The minimum Gasteiger partial charge on any atom is -0.489 e. The molecule has 1 heterocycles. The second kappa shape index (κ2) is 11.9. The number of hydrazone groups is 1. The van der Waals surface area contributed by atoms with Crippen molar-refractivity contribution in [3.8, 4) is 11.5 Å². The minimum absolute atomic E-state index is 0.345. The number of ether oxygens (including phenoxy) is 2. The molecular weight excluding hydrogens is 532 g/mol. The number of nitrogens with zero attached hydrogens (tertiary/aromatic N) is 1. The van der Waals surface area contributed by atoms with Gasteiger partial charge in [0, 0.05) is 15.6 Å². The SMILES string of the molecule is Cc1ccc(COc2ccc(C(=O)NN=Cc3ccc(OC(=O)c4sc5ccccc5c4Cl)cc3)cc2)cc1. The van der Waals surface area contributed by atoms with Crippen molar-refractivity contribution in [2.45, 2.75) is 13.5 Å². The predicted octanol–water partition coefficient (Wildman–Crippen LogP) is 7.43. The molecule has 0 fully saturated rings. The van der Waals surface area contributed by atoms with Crippen LogP contribution in [0.1, 0.15) is 36.7 Å². The Balaban J connectivity index is 1.12. The summed E-state index contributed by atoms with van der Waals surface area (Å²) >= 11 is 7.67. The van der Waals surface area contributed by atoms with Crippen molar-refractivity contribution in [2.75, 3.05) is 0 Å². The first-order valence-electron chi connectivity index (χ1n) is 12.1. The molecule has 0 aliphatic carbocycles. The van der Waals surface area contributed by atoms with Crippen molar-refractivity contribution < 1.29 is 19.1 Å². The van der Waals surface area contributed by atoms with E-state index in [1.54, 1.807) is 48.5 Å². The fraction of sp³-hybridized carbons (Fsp3) is 0.0645. The Labute approximate surface area is 234 Å². The van der Waals surface area contributed by atoms with Gasteiger partial charge in [0.05, 0.1) is 11.2 Å². The highest BCUT2D eigenvalue weighted by Crippen LogP contribution is 2.35. The second-order valence-electron chi connectivity index (χ2n) is 8.70. The van der Waals surface area contributed by atoms with Gasteiger partial charge < -0.3 is 9.47 Å². The lowest BCUT2D eigenvalue weighted by molar-refractivity contribution is 0.0739. The summed E-state index contributed by atoms with van der Waals surface area (Å²) in [6.07, 6.45) is 1.51. The topological polar surface area (TPSA) is 77.0 Å². The monoisotopic (exact) mass is 554 g/mol. The first-order valence-corrected chi connectivity index (χ1v) is 13.3. The molecule has 8 heteroatoms. The van der Waals surface area contributed by atoms with Crippen molar-refractivity contribution in [3.05, 3.63) is 129 Å². The highest BCUT2D eigenvalue weighted by atomic mass is 35.5. The molecule has 0 aliphatic heterocycles. The summed E-state index contributed by atoms with van der Waals surface area (Å²) in [5.41, 5.74) is 5.95. The van der Waals surface area contributed by atoms with Crippen LogP contribution in [0, 0.1) is 6.92 Å². The summed E-state index contributed by atoms with van der Waals surface area (Å²) in [5, 5.41) is 5.24. The molecule has 1 N–H and O–H groups in total. The summed E-state index contributed by atoms with van der Waals surface area (Å²) in [4.78, 5) is 25.4. The third kappa shape index (κ3) is 6.52. The Bertz CT molecular complexity index is 1640. The third-order valence-corrected chi connectivity index (χ3v) is 7.49. The number of benzene rings is 4. The van der Waals surface area contributed by atoms with Crippen LogP contribution >= 0.6 is 22.9 Å². The van der Waals surface area contributed by atoms with Crippen LogP contribution < -0.4 is 14.9 Å². The first-order chi connectivity index (χ1) is 19.0. The lowest BCUT2D eigenvalue weighted by Crippen LogP contribution is -2.17. The Morgan fingerprint density at radius 3 is 2.31 bits per heavy atom. The molecule has 0 atom stereocenters. The van der Waals surface area contributed by atoms with Crippen LogP contribution in [-0.2, 0) is 6.61 Å². The number of carbonyl (C=O) groups excluding carboxylic acids is 2. The van der Waals surface area contributed by atoms with Gasteiger partial charge in [-0.25, -0.2) is 10.2 Å². The van der Waals surface area contributed by atoms with Gasteiger partial charge in [-0.1, -0.05) is 59.6 Å². The zero-order chi connectivity index (χ0) is 27.2. The molecule has 0 bridgehead atoms. The normalized spacial score (nSPS) is 11.0. The molecule has 1 aromatic heterocycles. The van der Waals surface area contributed by atoms with Gasteiger partial charge in [-0.2, -0.15) is 5.10 Å². The second-order valence-corrected chi connectivity index (χ2v) is 10.1. The number of aryl methyl sites for hydroxylation is 1. The quantitative estimate of drug-likeness (QED) is 0.0936. The number of amides is 1. The van der Waals surface area contributed by atoms with E-state index < -0.39 is 5.97 Å². The third-order valence-electron chi connectivity index (χ3n) is 5.83. The van der Waals surface area contributed by atoms with Crippen molar-refractivity contribution >= 4 is 51.1 Å². The molecule has 0 saturated heterocycles. The fourth-order valence-corrected chi connectivity index (χ4v) is 5.09. The summed E-state index contributed by atoms with van der Waals surface area (Å²) in [6, 6.07) is 29.3. The van der Waals surface area contributed by atoms with Gasteiger partial charge in [0.25, 0.3) is 5.91 Å². The summed E-state index contributed by atoms with van der Waals surface area (Å²) in [6.45, 7) is 2.49. The number of fused-ring (bicyclic) bond motifs is 1. The van der Waals surface area contributed by atoms with Gasteiger partial charge in [0.2, 0.25) is 0 Å². The van der Waals surface area contributed by atoms with E-state index in [2.05, 4.69) is 10.5 Å². The van der Waals surface area contributed by atoms with Gasteiger partial charge in [-0.15, -0.1) is 11.3 Å². The molecule has 0 aliphatic rings. The maximum absolute atomic E-state index is 12.6. The molecule has 6 nitrogen and oxygen atoms in total. The maximum atomic E-state index is 12.6. The number of nitrogens with one attached hydrogen (secondary N) is 1. The molecule has 1 amide bonds. The highest BCUT2D eigenvalue weighted by molar-refractivity contribution is 7.21. The van der Waals surface area contributed by atoms with Gasteiger partial charge in [0.15, 0.2) is 0 Å². The van der Waals surface area contributed by atoms with E-state index in [1.807, 2.05) is 55.5 Å². The largest absolute Gasteiger partial charge is 0.489 e. The molecular formula is C31H23ClN2O4S. The molecule has 0 spiro atoms. The summed E-state index contributed by atoms with van der Waals surface area (Å²) in [7, 11) is 0. The number of esters is 1. The Morgan fingerprint density at radius 2 is 1.59 bits per heavy atom. The zero-order valence-electron chi connectivity index (χ0n) is 20.9. The predicted molar refractivity (Wildman–Crippen MR) is 155 cm³/mol. The molecule has 4 aromatic carbocycles. The van der Waals surface area contributed by atoms with E-state index in [9.17, 15) is 9.59 Å². The molecule has 5 aromatic rings. The number of rotatable bonds is 8. The van der Waals surface area contributed by atoms with E-state index in [0.29, 0.717) is 33.6 Å². The smallest absolute Gasteiger partial charge is 0.355 e. The van der Waals surface area contributed by atoms with Gasteiger partial charge in [-0.05, 0) is 72.6 Å². The average Bonchev–Trinajstić information content (AvgIpc) is 3.30. The minimum atomic E-state index is -0.513. The molecule has 5 rings (SSSR count). The summed E-state index contributed by atoms with van der Waals surface area (Å²) < 4.78 is 12.2. The van der Waals surface area contributed by atoms with Crippen LogP contribution in [0.15, 0.2) is 102 Å². The van der Waals surface area contributed by atoms with E-state index in [0.717, 1.165) is 21.2 Å². The number of thiophene rings is 1. The lowest BCUT2D eigenvalue weighted by Gasteiger charge is -2.07. The van der Waals surface area contributed by atoms with Gasteiger partial charge >= 0.3 is 5.97 Å². The van der Waals surface area contributed by atoms with Crippen LogP contribution in [0.2, 0.25) is 5.02 Å².